The molecule has 4 heterocycles. The van der Waals surface area contributed by atoms with Crippen molar-refractivity contribution in [3.05, 3.63) is 47.9 Å². The minimum atomic E-state index is -0.541. The van der Waals surface area contributed by atoms with Crippen molar-refractivity contribution < 1.29 is 9.53 Å². The molecule has 0 aliphatic carbocycles. The Hall–Kier alpha value is -3.44. The van der Waals surface area contributed by atoms with Gasteiger partial charge in [-0.15, -0.1) is 0 Å². The monoisotopic (exact) mass is 362 g/mol. The number of hydrogen-bond acceptors (Lipinski definition) is 6. The number of nitriles is 1. The molecule has 0 atom stereocenters. The van der Waals surface area contributed by atoms with Crippen LogP contribution in [0.25, 0.3) is 16.9 Å². The smallest absolute Gasteiger partial charge is 0.252 e. The van der Waals surface area contributed by atoms with Gasteiger partial charge in [0.2, 0.25) is 0 Å². The molecule has 3 aromatic heterocycles. The van der Waals surface area contributed by atoms with Gasteiger partial charge in [0.15, 0.2) is 0 Å². The SMILES string of the molecule is CC1(CNc2cc(-n3ccc4cc(C#N)cnc43)ncc2C(N)=O)COC1. The molecule has 8 nitrogen and oxygen atoms in total. The van der Waals surface area contributed by atoms with E-state index < -0.39 is 5.91 Å². The molecule has 1 saturated heterocycles. The second-order valence-corrected chi connectivity index (χ2v) is 7.04. The predicted octanol–water partition coefficient (Wildman–Crippen LogP) is 1.84. The van der Waals surface area contributed by atoms with Crippen LogP contribution in [0.15, 0.2) is 36.8 Å². The van der Waals surface area contributed by atoms with Crippen LogP contribution in [0.1, 0.15) is 22.8 Å². The average Bonchev–Trinajstić information content (AvgIpc) is 3.07. The molecule has 1 fully saturated rings. The quantitative estimate of drug-likeness (QED) is 0.715. The number of carbonyl (C=O) groups is 1. The number of ether oxygens (including phenoxy) is 1. The van der Waals surface area contributed by atoms with E-state index in [4.69, 9.17) is 15.7 Å². The molecule has 0 saturated carbocycles. The van der Waals surface area contributed by atoms with E-state index in [-0.39, 0.29) is 5.41 Å². The first-order valence-electron chi connectivity index (χ1n) is 8.48. The third-order valence-electron chi connectivity index (χ3n) is 4.66. The van der Waals surface area contributed by atoms with E-state index in [2.05, 4.69) is 28.3 Å². The lowest BCUT2D eigenvalue weighted by molar-refractivity contribution is -0.0924. The number of carbonyl (C=O) groups excluding carboxylic acids is 1. The summed E-state index contributed by atoms with van der Waals surface area (Å²) in [5.41, 5.74) is 7.66. The molecular weight excluding hydrogens is 344 g/mol. The van der Waals surface area contributed by atoms with Gasteiger partial charge in [-0.25, -0.2) is 9.97 Å². The van der Waals surface area contributed by atoms with E-state index in [1.807, 2.05) is 12.3 Å². The number of rotatable bonds is 5. The maximum Gasteiger partial charge on any atom is 0.252 e. The minimum absolute atomic E-state index is 0.0355. The van der Waals surface area contributed by atoms with Gasteiger partial charge in [-0.3, -0.25) is 9.36 Å². The number of nitrogens with two attached hydrogens (primary N) is 1. The zero-order valence-corrected chi connectivity index (χ0v) is 14.8. The van der Waals surface area contributed by atoms with Crippen LogP contribution in [0.4, 0.5) is 5.69 Å². The lowest BCUT2D eigenvalue weighted by Gasteiger charge is -2.38. The Bertz CT molecular complexity index is 1080. The highest BCUT2D eigenvalue weighted by molar-refractivity contribution is 5.98. The fourth-order valence-corrected chi connectivity index (χ4v) is 3.05. The number of amides is 1. The molecule has 1 aliphatic heterocycles. The predicted molar refractivity (Wildman–Crippen MR) is 99.5 cm³/mol. The molecular formula is C19H18N6O2. The first-order chi connectivity index (χ1) is 13.0. The largest absolute Gasteiger partial charge is 0.384 e. The highest BCUT2D eigenvalue weighted by atomic mass is 16.5. The summed E-state index contributed by atoms with van der Waals surface area (Å²) in [5.74, 6) is 0.0606. The maximum atomic E-state index is 11.8. The van der Waals surface area contributed by atoms with Crippen molar-refractivity contribution in [2.75, 3.05) is 25.1 Å². The van der Waals surface area contributed by atoms with Crippen LogP contribution in [0.5, 0.6) is 0 Å². The van der Waals surface area contributed by atoms with E-state index in [0.717, 1.165) is 5.39 Å². The third-order valence-corrected chi connectivity index (χ3v) is 4.66. The number of pyridine rings is 2. The fourth-order valence-electron chi connectivity index (χ4n) is 3.05. The van der Waals surface area contributed by atoms with Crippen LogP contribution in [0, 0.1) is 16.7 Å². The molecule has 0 bridgehead atoms. The topological polar surface area (TPSA) is 119 Å². The van der Waals surface area contributed by atoms with Crippen molar-refractivity contribution in [1.82, 2.24) is 14.5 Å². The van der Waals surface area contributed by atoms with Crippen molar-refractivity contribution in [2.45, 2.75) is 6.92 Å². The minimum Gasteiger partial charge on any atom is -0.384 e. The molecule has 0 aromatic carbocycles. The molecule has 0 unspecified atom stereocenters. The van der Waals surface area contributed by atoms with Gasteiger partial charge in [0.05, 0.1) is 30.0 Å². The van der Waals surface area contributed by atoms with Gasteiger partial charge in [0, 0.05) is 42.0 Å². The molecule has 136 valence electrons. The summed E-state index contributed by atoms with van der Waals surface area (Å²) in [6.45, 7) is 4.13. The summed E-state index contributed by atoms with van der Waals surface area (Å²) in [4.78, 5) is 20.5. The first kappa shape index (κ1) is 17.0. The lowest BCUT2D eigenvalue weighted by Crippen LogP contribution is -2.45. The number of nitrogens with zero attached hydrogens (tertiary/aromatic N) is 4. The van der Waals surface area contributed by atoms with Gasteiger partial charge < -0.3 is 15.8 Å². The van der Waals surface area contributed by atoms with Gasteiger partial charge in [0.1, 0.15) is 17.5 Å². The van der Waals surface area contributed by atoms with Crippen LogP contribution in [-0.2, 0) is 4.74 Å². The van der Waals surface area contributed by atoms with Crippen molar-refractivity contribution >= 4 is 22.6 Å². The molecule has 8 heteroatoms. The van der Waals surface area contributed by atoms with Crippen LogP contribution in [0.2, 0.25) is 0 Å². The Morgan fingerprint density at radius 1 is 1.41 bits per heavy atom. The highest BCUT2D eigenvalue weighted by Gasteiger charge is 2.33. The number of primary amides is 1. The number of anilines is 1. The Morgan fingerprint density at radius 3 is 2.89 bits per heavy atom. The lowest BCUT2D eigenvalue weighted by atomic mass is 9.88. The maximum absolute atomic E-state index is 11.8. The third kappa shape index (κ3) is 3.09. The molecule has 27 heavy (non-hydrogen) atoms. The summed E-state index contributed by atoms with van der Waals surface area (Å²) in [5, 5.41) is 13.2. The average molecular weight is 362 g/mol. The Labute approximate surface area is 155 Å². The van der Waals surface area contributed by atoms with Gasteiger partial charge in [-0.2, -0.15) is 5.26 Å². The molecule has 3 N–H and O–H groups in total. The van der Waals surface area contributed by atoms with Crippen molar-refractivity contribution in [3.63, 3.8) is 0 Å². The molecule has 0 spiro atoms. The summed E-state index contributed by atoms with van der Waals surface area (Å²) in [6.07, 6.45) is 4.82. The van der Waals surface area contributed by atoms with Crippen LogP contribution >= 0.6 is 0 Å². The number of hydrogen-bond donors (Lipinski definition) is 2. The zero-order chi connectivity index (χ0) is 19.0. The van der Waals surface area contributed by atoms with E-state index in [1.54, 1.807) is 16.7 Å². The standard InChI is InChI=1S/C19H18N6O2/c1-19(10-27-11-19)9-24-15-5-16(22-8-14(15)17(21)26)25-3-2-13-4-12(6-20)7-23-18(13)25/h2-5,7-8H,9-11H2,1H3,(H2,21,26)(H,22,24). The number of nitrogens with one attached hydrogen (secondary N) is 1. The van der Waals surface area contributed by atoms with E-state index >= 15 is 0 Å². The molecule has 3 aromatic rings. The number of fused-ring (bicyclic) bond motifs is 1. The normalized spacial score (nSPS) is 15.1. The Balaban J connectivity index is 1.72. The summed E-state index contributed by atoms with van der Waals surface area (Å²) >= 11 is 0. The zero-order valence-electron chi connectivity index (χ0n) is 14.8. The van der Waals surface area contributed by atoms with Crippen molar-refractivity contribution in [3.8, 4) is 11.9 Å². The highest BCUT2D eigenvalue weighted by Crippen LogP contribution is 2.28. The number of aromatic nitrogens is 3. The van der Waals surface area contributed by atoms with E-state index in [0.29, 0.717) is 48.0 Å². The first-order valence-corrected chi connectivity index (χ1v) is 8.48. The van der Waals surface area contributed by atoms with Crippen molar-refractivity contribution in [2.24, 2.45) is 11.1 Å². The Kier molecular flexibility index (Phi) is 4.01. The fraction of sp³-hybridized carbons (Fsp3) is 0.263. The molecule has 1 amide bonds. The van der Waals surface area contributed by atoms with E-state index in [1.165, 1.54) is 12.4 Å². The van der Waals surface area contributed by atoms with Crippen LogP contribution in [0.3, 0.4) is 0 Å². The van der Waals surface area contributed by atoms with Gasteiger partial charge in [-0.05, 0) is 12.1 Å². The van der Waals surface area contributed by atoms with Crippen LogP contribution in [-0.4, -0.2) is 40.2 Å². The van der Waals surface area contributed by atoms with Crippen molar-refractivity contribution in [1.29, 1.82) is 5.26 Å². The summed E-state index contributed by atoms with van der Waals surface area (Å²) < 4.78 is 7.08. The Morgan fingerprint density at radius 2 is 2.22 bits per heavy atom. The van der Waals surface area contributed by atoms with Gasteiger partial charge >= 0.3 is 0 Å². The second-order valence-electron chi connectivity index (χ2n) is 7.04. The van der Waals surface area contributed by atoms with E-state index in [9.17, 15) is 4.79 Å². The summed E-state index contributed by atoms with van der Waals surface area (Å²) in [7, 11) is 0. The summed E-state index contributed by atoms with van der Waals surface area (Å²) in [6, 6.07) is 7.50. The molecule has 0 radical (unpaired) electrons. The second kappa shape index (κ2) is 6.37. The van der Waals surface area contributed by atoms with Gasteiger partial charge in [-0.1, -0.05) is 6.92 Å². The molecule has 1 aliphatic rings. The van der Waals surface area contributed by atoms with Crippen LogP contribution < -0.4 is 11.1 Å². The molecule has 4 rings (SSSR count). The van der Waals surface area contributed by atoms with Gasteiger partial charge in [0.25, 0.3) is 5.91 Å².